The molecular weight excluding hydrogens is 356 g/mol. The highest BCUT2D eigenvalue weighted by Crippen LogP contribution is 2.44. The molecule has 1 aromatic heterocycles. The van der Waals surface area contributed by atoms with Gasteiger partial charge in [0.25, 0.3) is 0 Å². The van der Waals surface area contributed by atoms with Crippen molar-refractivity contribution in [2.24, 2.45) is 5.92 Å². The van der Waals surface area contributed by atoms with Crippen molar-refractivity contribution < 1.29 is 9.90 Å². The Bertz CT molecular complexity index is 953. The number of hydrogen-bond acceptors (Lipinski definition) is 4. The van der Waals surface area contributed by atoms with Gasteiger partial charge in [-0.3, -0.25) is 9.78 Å². The molecule has 5 heteroatoms. The van der Waals surface area contributed by atoms with Gasteiger partial charge in [-0.05, 0) is 48.6 Å². The molecule has 1 aliphatic carbocycles. The van der Waals surface area contributed by atoms with Crippen molar-refractivity contribution in [2.45, 2.75) is 29.9 Å². The standard InChI is InChI=1S/C22H20N2O2S/c1-3-4-5-18-14(2)15(12-23)6-7-19(18)20-13-24-9-8-21(20)27-17-10-16(11-17)22(25)26/h3-9,13,16-17H,1,10-11H2,2H3,(H,25,26)/b5-4-/t16-,17-. The van der Waals surface area contributed by atoms with Gasteiger partial charge in [-0.25, -0.2) is 0 Å². The normalized spacial score (nSPS) is 18.7. The van der Waals surface area contributed by atoms with Gasteiger partial charge in [0.05, 0.1) is 17.6 Å². The number of allylic oxidation sites excluding steroid dienone is 2. The molecule has 136 valence electrons. The van der Waals surface area contributed by atoms with E-state index in [1.165, 1.54) is 0 Å². The van der Waals surface area contributed by atoms with Crippen LogP contribution in [0.15, 0.2) is 54.2 Å². The van der Waals surface area contributed by atoms with E-state index in [9.17, 15) is 10.1 Å². The lowest BCUT2D eigenvalue weighted by Gasteiger charge is -2.32. The average molecular weight is 376 g/mol. The second-order valence-electron chi connectivity index (χ2n) is 6.52. The molecule has 1 aliphatic rings. The number of carboxylic acids is 1. The SMILES string of the molecule is C=C/C=C\c1c(-c2cnccc2S[C@H]2C[C@H](C(=O)O)C2)ccc(C#N)c1C. The Morgan fingerprint density at radius 3 is 2.81 bits per heavy atom. The maximum atomic E-state index is 11.0. The zero-order valence-corrected chi connectivity index (χ0v) is 15.9. The maximum Gasteiger partial charge on any atom is 0.306 e. The molecule has 0 bridgehead atoms. The summed E-state index contributed by atoms with van der Waals surface area (Å²) in [4.78, 5) is 16.4. The molecule has 1 heterocycles. The van der Waals surface area contributed by atoms with E-state index in [-0.39, 0.29) is 5.92 Å². The van der Waals surface area contributed by atoms with Crippen LogP contribution in [0, 0.1) is 24.2 Å². The number of rotatable bonds is 6. The van der Waals surface area contributed by atoms with Crippen LogP contribution in [0.25, 0.3) is 17.2 Å². The first kappa shape index (κ1) is 18.9. The van der Waals surface area contributed by atoms with E-state index in [1.807, 2.05) is 43.5 Å². The molecule has 0 spiro atoms. The van der Waals surface area contributed by atoms with Crippen LogP contribution in [-0.4, -0.2) is 21.3 Å². The molecule has 3 rings (SSSR count). The average Bonchev–Trinajstić information content (AvgIpc) is 2.63. The Morgan fingerprint density at radius 2 is 2.15 bits per heavy atom. The number of thioether (sulfide) groups is 1. The predicted octanol–water partition coefficient (Wildman–Crippen LogP) is 5.08. The zero-order chi connectivity index (χ0) is 19.4. The number of nitriles is 1. The topological polar surface area (TPSA) is 74.0 Å². The van der Waals surface area contributed by atoms with Gasteiger partial charge in [0.1, 0.15) is 0 Å². The molecule has 0 radical (unpaired) electrons. The third-order valence-corrected chi connectivity index (χ3v) is 6.17. The molecule has 2 aromatic rings. The third kappa shape index (κ3) is 3.96. The third-order valence-electron chi connectivity index (χ3n) is 4.84. The van der Waals surface area contributed by atoms with E-state index in [2.05, 4.69) is 17.6 Å². The fourth-order valence-electron chi connectivity index (χ4n) is 3.19. The largest absolute Gasteiger partial charge is 0.481 e. The van der Waals surface area contributed by atoms with E-state index in [0.29, 0.717) is 23.7 Å². The van der Waals surface area contributed by atoms with Gasteiger partial charge in [-0.15, -0.1) is 11.8 Å². The number of benzene rings is 1. The van der Waals surface area contributed by atoms with Gasteiger partial charge < -0.3 is 5.11 Å². The fraction of sp³-hybridized carbons (Fsp3) is 0.227. The predicted molar refractivity (Wildman–Crippen MR) is 108 cm³/mol. The minimum Gasteiger partial charge on any atom is -0.481 e. The summed E-state index contributed by atoms with van der Waals surface area (Å²) in [6.07, 6.45) is 10.5. The summed E-state index contributed by atoms with van der Waals surface area (Å²) >= 11 is 1.71. The first-order valence-electron chi connectivity index (χ1n) is 8.71. The number of carbonyl (C=O) groups is 1. The lowest BCUT2D eigenvalue weighted by molar-refractivity contribution is -0.144. The molecule has 0 aliphatic heterocycles. The second-order valence-corrected chi connectivity index (χ2v) is 7.87. The summed E-state index contributed by atoms with van der Waals surface area (Å²) < 4.78 is 0. The molecular formula is C22H20N2O2S. The van der Waals surface area contributed by atoms with Gasteiger partial charge in [0.15, 0.2) is 0 Å². The number of aliphatic carboxylic acids is 1. The molecule has 0 saturated heterocycles. The number of hydrogen-bond donors (Lipinski definition) is 1. The Morgan fingerprint density at radius 1 is 1.37 bits per heavy atom. The van der Waals surface area contributed by atoms with E-state index in [4.69, 9.17) is 5.11 Å². The van der Waals surface area contributed by atoms with Crippen LogP contribution in [-0.2, 0) is 4.79 Å². The first-order chi connectivity index (χ1) is 13.0. The van der Waals surface area contributed by atoms with Gasteiger partial charge in [0, 0.05) is 28.1 Å². The van der Waals surface area contributed by atoms with E-state index >= 15 is 0 Å². The van der Waals surface area contributed by atoms with Gasteiger partial charge in [-0.2, -0.15) is 5.26 Å². The number of carboxylic acid groups (broad SMARTS) is 1. The molecule has 0 atom stereocenters. The van der Waals surface area contributed by atoms with Crippen molar-refractivity contribution in [2.75, 3.05) is 0 Å². The number of nitrogens with zero attached hydrogens (tertiary/aromatic N) is 2. The van der Waals surface area contributed by atoms with Crippen LogP contribution >= 0.6 is 11.8 Å². The van der Waals surface area contributed by atoms with Gasteiger partial charge in [-0.1, -0.05) is 30.9 Å². The summed E-state index contributed by atoms with van der Waals surface area (Å²) in [6, 6.07) is 8.00. The number of aromatic nitrogens is 1. The fourth-order valence-corrected chi connectivity index (χ4v) is 4.64. The van der Waals surface area contributed by atoms with Crippen molar-refractivity contribution in [3.8, 4) is 17.2 Å². The first-order valence-corrected chi connectivity index (χ1v) is 9.59. The zero-order valence-electron chi connectivity index (χ0n) is 15.1. The van der Waals surface area contributed by atoms with Crippen molar-refractivity contribution in [3.05, 3.63) is 66.0 Å². The Balaban J connectivity index is 1.99. The molecule has 27 heavy (non-hydrogen) atoms. The lowest BCUT2D eigenvalue weighted by atomic mass is 9.85. The van der Waals surface area contributed by atoms with E-state index in [0.717, 1.165) is 27.1 Å². The smallest absolute Gasteiger partial charge is 0.306 e. The van der Waals surface area contributed by atoms with Crippen molar-refractivity contribution in [1.29, 1.82) is 5.26 Å². The molecule has 1 N–H and O–H groups in total. The van der Waals surface area contributed by atoms with E-state index < -0.39 is 5.97 Å². The van der Waals surface area contributed by atoms with Crippen LogP contribution in [0.4, 0.5) is 0 Å². The van der Waals surface area contributed by atoms with Gasteiger partial charge in [0.2, 0.25) is 0 Å². The summed E-state index contributed by atoms with van der Waals surface area (Å²) in [5.41, 5.74) is 4.54. The highest BCUT2D eigenvalue weighted by molar-refractivity contribution is 8.00. The number of pyridine rings is 1. The molecule has 0 unspecified atom stereocenters. The van der Waals surface area contributed by atoms with Crippen molar-refractivity contribution in [1.82, 2.24) is 4.98 Å². The molecule has 4 nitrogen and oxygen atoms in total. The molecule has 1 saturated carbocycles. The Labute approximate surface area is 163 Å². The summed E-state index contributed by atoms with van der Waals surface area (Å²) in [5.74, 6) is -0.933. The quantitative estimate of drug-likeness (QED) is 0.711. The van der Waals surface area contributed by atoms with Crippen LogP contribution < -0.4 is 0 Å². The summed E-state index contributed by atoms with van der Waals surface area (Å²) in [5, 5.41) is 18.7. The molecule has 0 amide bonds. The van der Waals surface area contributed by atoms with Crippen LogP contribution in [0.3, 0.4) is 0 Å². The Hall–Kier alpha value is -2.84. The monoisotopic (exact) mass is 376 g/mol. The lowest BCUT2D eigenvalue weighted by Crippen LogP contribution is -2.32. The van der Waals surface area contributed by atoms with E-state index in [1.54, 1.807) is 24.0 Å². The molecule has 1 aromatic carbocycles. The highest BCUT2D eigenvalue weighted by atomic mass is 32.2. The minimum absolute atomic E-state index is 0.226. The summed E-state index contributed by atoms with van der Waals surface area (Å²) in [7, 11) is 0. The Kier molecular flexibility index (Phi) is 5.78. The van der Waals surface area contributed by atoms with Crippen molar-refractivity contribution >= 4 is 23.8 Å². The van der Waals surface area contributed by atoms with Crippen molar-refractivity contribution in [3.63, 3.8) is 0 Å². The van der Waals surface area contributed by atoms with Crippen LogP contribution in [0.5, 0.6) is 0 Å². The minimum atomic E-state index is -0.707. The van der Waals surface area contributed by atoms with Crippen LogP contribution in [0.2, 0.25) is 0 Å². The highest BCUT2D eigenvalue weighted by Gasteiger charge is 2.35. The second kappa shape index (κ2) is 8.24. The van der Waals surface area contributed by atoms with Crippen LogP contribution in [0.1, 0.15) is 29.5 Å². The maximum absolute atomic E-state index is 11.0. The molecule has 1 fully saturated rings. The summed E-state index contributed by atoms with van der Waals surface area (Å²) in [6.45, 7) is 5.67. The van der Waals surface area contributed by atoms with Gasteiger partial charge >= 0.3 is 5.97 Å².